The van der Waals surface area contributed by atoms with Gasteiger partial charge in [-0.3, -0.25) is 4.79 Å². The highest BCUT2D eigenvalue weighted by Gasteiger charge is 2.43. The number of hydrogen-bond donors (Lipinski definition) is 1. The summed E-state index contributed by atoms with van der Waals surface area (Å²) in [5.74, 6) is 0. The monoisotopic (exact) mass is 302 g/mol. The van der Waals surface area contributed by atoms with Gasteiger partial charge < -0.3 is 9.67 Å². The third-order valence-electron chi connectivity index (χ3n) is 3.50. The van der Waals surface area contributed by atoms with Gasteiger partial charge in [-0.05, 0) is 0 Å². The van der Waals surface area contributed by atoms with E-state index in [4.69, 9.17) is 0 Å². The summed E-state index contributed by atoms with van der Waals surface area (Å²) in [6.07, 6.45) is 0. The molecule has 1 N–H and O–H groups in total. The first-order valence-electron chi connectivity index (χ1n) is 6.80. The minimum atomic E-state index is -3.45. The van der Waals surface area contributed by atoms with Crippen LogP contribution in [-0.4, -0.2) is 17.2 Å². The number of benzene rings is 2. The van der Waals surface area contributed by atoms with E-state index in [-0.39, 0.29) is 6.61 Å². The fourth-order valence-electron chi connectivity index (χ4n) is 2.15. The Labute approximate surface area is 125 Å². The quantitative estimate of drug-likeness (QED) is 0.864. The zero-order chi connectivity index (χ0) is 15.5. The molecule has 0 amide bonds. The normalized spacial score (nSPS) is 12.1. The highest BCUT2D eigenvalue weighted by molar-refractivity contribution is 7.93. The van der Waals surface area contributed by atoms with Crippen molar-refractivity contribution >= 4 is 23.3 Å². The number of carbonyl (C=O) groups is 1. The molecule has 0 spiro atoms. The van der Waals surface area contributed by atoms with E-state index in [1.165, 1.54) is 0 Å². The summed E-state index contributed by atoms with van der Waals surface area (Å²) in [4.78, 5) is 12.9. The Morgan fingerprint density at radius 3 is 1.67 bits per heavy atom. The second-order valence-corrected chi connectivity index (χ2v) is 8.29. The Hall–Kier alpha value is -1.70. The summed E-state index contributed by atoms with van der Waals surface area (Å²) in [5.41, 5.74) is -1.48. The van der Waals surface area contributed by atoms with Gasteiger partial charge in [0.25, 0.3) is 0 Å². The van der Waals surface area contributed by atoms with Crippen LogP contribution in [0.1, 0.15) is 13.8 Å². The molecule has 2 rings (SSSR count). The smallest absolute Gasteiger partial charge is 0.208 e. The van der Waals surface area contributed by atoms with Gasteiger partial charge in [0, 0.05) is 10.6 Å². The first-order valence-corrected chi connectivity index (χ1v) is 8.51. The van der Waals surface area contributed by atoms with Gasteiger partial charge in [-0.25, -0.2) is 0 Å². The molecule has 110 valence electrons. The van der Waals surface area contributed by atoms with Crippen LogP contribution in [0.25, 0.3) is 0 Å². The standard InChI is InChI=1S/C17H19O3P/c1-17(2,13-18)16(19)21(20,14-9-5-3-6-10-14)15-11-7-4-8-12-15/h3-12,18H,13H2,1-2H3. The van der Waals surface area contributed by atoms with Crippen LogP contribution < -0.4 is 10.6 Å². The fraction of sp³-hybridized carbons (Fsp3) is 0.235. The van der Waals surface area contributed by atoms with E-state index in [0.717, 1.165) is 0 Å². The van der Waals surface area contributed by atoms with Crippen molar-refractivity contribution in [2.75, 3.05) is 6.61 Å². The summed E-state index contributed by atoms with van der Waals surface area (Å²) in [5, 5.41) is 10.5. The Morgan fingerprint density at radius 2 is 1.33 bits per heavy atom. The fourth-order valence-corrected chi connectivity index (χ4v) is 5.03. The number of carbonyl (C=O) groups excluding carboxylic acids is 1. The highest BCUT2D eigenvalue weighted by atomic mass is 31.2. The molecule has 0 heterocycles. The SMILES string of the molecule is CC(C)(CO)C(=O)P(=O)(c1ccccc1)c1ccccc1. The van der Waals surface area contributed by atoms with E-state index < -0.39 is 18.1 Å². The van der Waals surface area contributed by atoms with Crippen molar-refractivity contribution in [3.05, 3.63) is 60.7 Å². The van der Waals surface area contributed by atoms with Gasteiger partial charge in [0.1, 0.15) is 0 Å². The van der Waals surface area contributed by atoms with Gasteiger partial charge in [-0.2, -0.15) is 0 Å². The lowest BCUT2D eigenvalue weighted by Gasteiger charge is -2.27. The third-order valence-corrected chi connectivity index (χ3v) is 6.73. The van der Waals surface area contributed by atoms with Crippen molar-refractivity contribution < 1.29 is 14.5 Å². The van der Waals surface area contributed by atoms with Gasteiger partial charge in [0.05, 0.1) is 12.0 Å². The Balaban J connectivity index is 2.67. The van der Waals surface area contributed by atoms with Crippen LogP contribution in [-0.2, 0) is 9.36 Å². The maximum absolute atomic E-state index is 13.7. The van der Waals surface area contributed by atoms with E-state index in [9.17, 15) is 14.5 Å². The topological polar surface area (TPSA) is 54.4 Å². The van der Waals surface area contributed by atoms with E-state index in [0.29, 0.717) is 10.6 Å². The zero-order valence-corrected chi connectivity index (χ0v) is 13.1. The van der Waals surface area contributed by atoms with Crippen molar-refractivity contribution in [1.82, 2.24) is 0 Å². The van der Waals surface area contributed by atoms with Gasteiger partial charge >= 0.3 is 0 Å². The van der Waals surface area contributed by atoms with Crippen molar-refractivity contribution in [3.8, 4) is 0 Å². The minimum absolute atomic E-state index is 0.338. The maximum Gasteiger partial charge on any atom is 0.208 e. The van der Waals surface area contributed by atoms with E-state index in [1.807, 2.05) is 12.1 Å². The molecule has 0 fully saturated rings. The molecule has 21 heavy (non-hydrogen) atoms. The van der Waals surface area contributed by atoms with Crippen molar-refractivity contribution in [2.45, 2.75) is 13.8 Å². The molecule has 0 atom stereocenters. The number of rotatable bonds is 5. The summed E-state index contributed by atoms with van der Waals surface area (Å²) < 4.78 is 13.7. The molecule has 0 unspecified atom stereocenters. The summed E-state index contributed by atoms with van der Waals surface area (Å²) >= 11 is 0. The average molecular weight is 302 g/mol. The van der Waals surface area contributed by atoms with Gasteiger partial charge in [0.2, 0.25) is 12.7 Å². The molecule has 0 aliphatic heterocycles. The first-order chi connectivity index (χ1) is 9.93. The second kappa shape index (κ2) is 5.97. The predicted octanol–water partition coefficient (Wildman–Crippen LogP) is 2.55. The molecule has 3 nitrogen and oxygen atoms in total. The molecule has 0 saturated carbocycles. The van der Waals surface area contributed by atoms with Crippen LogP contribution >= 0.6 is 7.14 Å². The predicted molar refractivity (Wildman–Crippen MR) is 85.6 cm³/mol. The van der Waals surface area contributed by atoms with Crippen LogP contribution in [0.2, 0.25) is 0 Å². The molecule has 2 aromatic carbocycles. The molecule has 0 aromatic heterocycles. The summed E-state index contributed by atoms with van der Waals surface area (Å²) in [7, 11) is -3.45. The maximum atomic E-state index is 13.7. The van der Waals surface area contributed by atoms with E-state index >= 15 is 0 Å². The molecular weight excluding hydrogens is 283 g/mol. The van der Waals surface area contributed by atoms with Gasteiger partial charge in [-0.15, -0.1) is 0 Å². The Kier molecular flexibility index (Phi) is 4.46. The minimum Gasteiger partial charge on any atom is -0.395 e. The van der Waals surface area contributed by atoms with Crippen molar-refractivity contribution in [2.24, 2.45) is 5.41 Å². The van der Waals surface area contributed by atoms with Crippen molar-refractivity contribution in [1.29, 1.82) is 0 Å². The number of hydrogen-bond acceptors (Lipinski definition) is 3. The van der Waals surface area contributed by atoms with Gasteiger partial charge in [0.15, 0.2) is 0 Å². The van der Waals surface area contributed by atoms with Crippen LogP contribution in [0.15, 0.2) is 60.7 Å². The third kappa shape index (κ3) is 2.85. The lowest BCUT2D eigenvalue weighted by molar-refractivity contribution is -0.120. The lowest BCUT2D eigenvalue weighted by Crippen LogP contribution is -2.34. The second-order valence-electron chi connectivity index (χ2n) is 5.63. The number of aliphatic hydroxyl groups excluding tert-OH is 1. The molecule has 0 aliphatic carbocycles. The summed E-state index contributed by atoms with van der Waals surface area (Å²) in [6.45, 7) is 2.90. The lowest BCUT2D eigenvalue weighted by atomic mass is 9.97. The van der Waals surface area contributed by atoms with E-state index in [2.05, 4.69) is 0 Å². The average Bonchev–Trinajstić information content (AvgIpc) is 2.55. The number of aliphatic hydroxyl groups is 1. The van der Waals surface area contributed by atoms with Crippen molar-refractivity contribution in [3.63, 3.8) is 0 Å². The van der Waals surface area contributed by atoms with Crippen LogP contribution in [0.5, 0.6) is 0 Å². The zero-order valence-electron chi connectivity index (χ0n) is 12.2. The Bertz CT molecular complexity index is 619. The van der Waals surface area contributed by atoms with Crippen LogP contribution in [0.3, 0.4) is 0 Å². The molecule has 0 radical (unpaired) electrons. The molecule has 0 saturated heterocycles. The molecule has 4 heteroatoms. The van der Waals surface area contributed by atoms with Crippen LogP contribution in [0, 0.1) is 5.41 Å². The largest absolute Gasteiger partial charge is 0.395 e. The molecular formula is C17H19O3P. The highest BCUT2D eigenvalue weighted by Crippen LogP contribution is 2.49. The Morgan fingerprint density at radius 1 is 0.952 bits per heavy atom. The molecule has 0 aliphatic rings. The van der Waals surface area contributed by atoms with Gasteiger partial charge in [-0.1, -0.05) is 74.5 Å². The molecule has 2 aromatic rings. The van der Waals surface area contributed by atoms with E-state index in [1.54, 1.807) is 62.4 Å². The van der Waals surface area contributed by atoms with Crippen LogP contribution in [0.4, 0.5) is 0 Å². The summed E-state index contributed by atoms with van der Waals surface area (Å²) in [6, 6.07) is 17.5. The first kappa shape index (κ1) is 15.7. The molecule has 0 bridgehead atoms.